The molecule has 19 heavy (non-hydrogen) atoms. The summed E-state index contributed by atoms with van der Waals surface area (Å²) in [6.07, 6.45) is 0.940. The van der Waals surface area contributed by atoms with Crippen LogP contribution in [-0.4, -0.2) is 28.1 Å². The Kier molecular flexibility index (Phi) is 3.28. The maximum Gasteiger partial charge on any atom is 0.153 e. The topological polar surface area (TPSA) is 52.0 Å². The molecular weight excluding hydrogens is 308 g/mol. The fourth-order valence-electron chi connectivity index (χ4n) is 2.56. The largest absolute Gasteiger partial charge is 0.488 e. The number of hydrogen-bond acceptors (Lipinski definition) is 4. The zero-order valence-electron chi connectivity index (χ0n) is 10.8. The fourth-order valence-corrected chi connectivity index (χ4v) is 3.14. The lowest BCUT2D eigenvalue weighted by molar-refractivity contribution is 0.178. The SMILES string of the molecule is CNC(c1c(Br)nnn1C)C1Cc2ccccc2O1. The van der Waals surface area contributed by atoms with E-state index in [4.69, 9.17) is 4.74 Å². The zero-order chi connectivity index (χ0) is 13.4. The Balaban J connectivity index is 1.90. The van der Waals surface area contributed by atoms with Crippen LogP contribution >= 0.6 is 15.9 Å². The summed E-state index contributed by atoms with van der Waals surface area (Å²) >= 11 is 3.45. The van der Waals surface area contributed by atoms with Crippen molar-refractivity contribution in [2.75, 3.05) is 7.05 Å². The summed E-state index contributed by atoms with van der Waals surface area (Å²) in [4.78, 5) is 0. The maximum absolute atomic E-state index is 6.04. The molecule has 3 rings (SSSR count). The van der Waals surface area contributed by atoms with Gasteiger partial charge in [0.1, 0.15) is 11.9 Å². The molecule has 0 saturated heterocycles. The Labute approximate surface area is 120 Å². The molecule has 2 unspecified atom stereocenters. The summed E-state index contributed by atoms with van der Waals surface area (Å²) in [6, 6.07) is 8.20. The first-order valence-corrected chi connectivity index (χ1v) is 6.97. The normalized spacial score (nSPS) is 19.0. The van der Waals surface area contributed by atoms with Crippen molar-refractivity contribution in [1.82, 2.24) is 20.3 Å². The van der Waals surface area contributed by atoms with Crippen LogP contribution in [0.4, 0.5) is 0 Å². The average Bonchev–Trinajstić information content (AvgIpc) is 2.97. The summed E-state index contributed by atoms with van der Waals surface area (Å²) in [5.74, 6) is 0.971. The molecule has 0 spiro atoms. The smallest absolute Gasteiger partial charge is 0.153 e. The van der Waals surface area contributed by atoms with Crippen molar-refractivity contribution >= 4 is 15.9 Å². The average molecular weight is 323 g/mol. The van der Waals surface area contributed by atoms with Gasteiger partial charge < -0.3 is 10.1 Å². The molecule has 0 aliphatic carbocycles. The van der Waals surface area contributed by atoms with Crippen LogP contribution in [0.25, 0.3) is 0 Å². The molecular formula is C13H15BrN4O. The highest BCUT2D eigenvalue weighted by Crippen LogP contribution is 2.35. The molecule has 2 atom stereocenters. The number of para-hydroxylation sites is 1. The molecule has 1 aromatic heterocycles. The molecule has 0 fully saturated rings. The minimum atomic E-state index is 0.0433. The van der Waals surface area contributed by atoms with Gasteiger partial charge in [-0.15, -0.1) is 5.10 Å². The Morgan fingerprint density at radius 3 is 2.89 bits per heavy atom. The third-order valence-electron chi connectivity index (χ3n) is 3.48. The van der Waals surface area contributed by atoms with Gasteiger partial charge in [0.15, 0.2) is 4.60 Å². The lowest BCUT2D eigenvalue weighted by atomic mass is 10.0. The van der Waals surface area contributed by atoms with Gasteiger partial charge in [0.2, 0.25) is 0 Å². The van der Waals surface area contributed by atoms with Crippen molar-refractivity contribution in [3.8, 4) is 5.75 Å². The van der Waals surface area contributed by atoms with Gasteiger partial charge in [-0.3, -0.25) is 0 Å². The molecule has 1 aliphatic heterocycles. The predicted octanol–water partition coefficient (Wildman–Crippen LogP) is 1.84. The number of fused-ring (bicyclic) bond motifs is 1. The molecule has 2 aromatic rings. The second-order valence-electron chi connectivity index (χ2n) is 4.62. The van der Waals surface area contributed by atoms with Crippen LogP contribution in [0.5, 0.6) is 5.75 Å². The molecule has 2 heterocycles. The molecule has 0 amide bonds. The van der Waals surface area contributed by atoms with Crippen LogP contribution in [-0.2, 0) is 13.5 Å². The highest BCUT2D eigenvalue weighted by molar-refractivity contribution is 9.10. The first kappa shape index (κ1) is 12.6. The lowest BCUT2D eigenvalue weighted by Crippen LogP contribution is -2.34. The third kappa shape index (κ3) is 2.15. The summed E-state index contributed by atoms with van der Waals surface area (Å²) in [5.41, 5.74) is 2.25. The first-order valence-electron chi connectivity index (χ1n) is 6.17. The van der Waals surface area contributed by atoms with Gasteiger partial charge in [-0.05, 0) is 34.6 Å². The van der Waals surface area contributed by atoms with Crippen molar-refractivity contribution in [2.45, 2.75) is 18.6 Å². The van der Waals surface area contributed by atoms with E-state index in [2.05, 4.69) is 37.6 Å². The van der Waals surface area contributed by atoms with Crippen LogP contribution in [0.3, 0.4) is 0 Å². The molecule has 0 radical (unpaired) electrons. The van der Waals surface area contributed by atoms with Gasteiger partial charge in [-0.25, -0.2) is 4.68 Å². The van der Waals surface area contributed by atoms with Gasteiger partial charge in [-0.2, -0.15) is 0 Å². The number of benzene rings is 1. The number of ether oxygens (including phenoxy) is 1. The van der Waals surface area contributed by atoms with Crippen LogP contribution in [0, 0.1) is 0 Å². The van der Waals surface area contributed by atoms with Crippen LogP contribution < -0.4 is 10.1 Å². The Morgan fingerprint density at radius 2 is 2.26 bits per heavy atom. The highest BCUT2D eigenvalue weighted by atomic mass is 79.9. The van der Waals surface area contributed by atoms with Gasteiger partial charge in [0, 0.05) is 13.5 Å². The number of likely N-dealkylation sites (N-methyl/N-ethyl adjacent to an activating group) is 1. The molecule has 100 valence electrons. The third-order valence-corrected chi connectivity index (χ3v) is 4.04. The van der Waals surface area contributed by atoms with Crippen molar-refractivity contribution in [1.29, 1.82) is 0 Å². The van der Waals surface area contributed by atoms with E-state index in [0.29, 0.717) is 0 Å². The standard InChI is InChI=1S/C13H15BrN4O/c1-15-11(12-13(14)16-17-18(12)2)10-7-8-5-3-4-6-9(8)19-10/h3-6,10-11,15H,7H2,1-2H3. The number of hydrogen-bond donors (Lipinski definition) is 1. The van der Waals surface area contributed by atoms with E-state index in [0.717, 1.165) is 22.5 Å². The summed E-state index contributed by atoms with van der Waals surface area (Å²) in [7, 11) is 3.82. The van der Waals surface area contributed by atoms with Crippen molar-refractivity contribution in [3.63, 3.8) is 0 Å². The lowest BCUT2D eigenvalue weighted by Gasteiger charge is -2.22. The molecule has 1 N–H and O–H groups in total. The summed E-state index contributed by atoms with van der Waals surface area (Å²) in [6.45, 7) is 0. The highest BCUT2D eigenvalue weighted by Gasteiger charge is 2.33. The maximum atomic E-state index is 6.04. The molecule has 5 nitrogen and oxygen atoms in total. The molecule has 1 aromatic carbocycles. The Morgan fingerprint density at radius 1 is 1.47 bits per heavy atom. The fraction of sp³-hybridized carbons (Fsp3) is 0.385. The van der Waals surface area contributed by atoms with E-state index < -0.39 is 0 Å². The minimum absolute atomic E-state index is 0.0433. The molecule has 1 aliphatic rings. The van der Waals surface area contributed by atoms with Crippen molar-refractivity contribution in [2.24, 2.45) is 7.05 Å². The van der Waals surface area contributed by atoms with E-state index in [1.54, 1.807) is 4.68 Å². The quantitative estimate of drug-likeness (QED) is 0.936. The van der Waals surface area contributed by atoms with E-state index >= 15 is 0 Å². The van der Waals surface area contributed by atoms with Gasteiger partial charge in [-0.1, -0.05) is 23.4 Å². The van der Waals surface area contributed by atoms with Crippen LogP contribution in [0.15, 0.2) is 28.9 Å². The van der Waals surface area contributed by atoms with Gasteiger partial charge in [0.25, 0.3) is 0 Å². The first-order chi connectivity index (χ1) is 9.20. The number of nitrogens with zero attached hydrogens (tertiary/aromatic N) is 3. The zero-order valence-corrected chi connectivity index (χ0v) is 12.4. The van der Waals surface area contributed by atoms with Gasteiger partial charge >= 0.3 is 0 Å². The Bertz CT molecular complexity index is 554. The number of rotatable bonds is 3. The number of aromatic nitrogens is 3. The van der Waals surface area contributed by atoms with E-state index in [1.165, 1.54) is 5.56 Å². The van der Waals surface area contributed by atoms with E-state index in [1.807, 2.05) is 32.3 Å². The number of nitrogens with one attached hydrogen (secondary N) is 1. The van der Waals surface area contributed by atoms with Crippen molar-refractivity contribution < 1.29 is 4.74 Å². The monoisotopic (exact) mass is 322 g/mol. The predicted molar refractivity (Wildman–Crippen MR) is 75.1 cm³/mol. The minimum Gasteiger partial charge on any atom is -0.488 e. The molecule has 6 heteroatoms. The Hall–Kier alpha value is -1.40. The second kappa shape index (κ2) is 4.94. The molecule has 0 saturated carbocycles. The molecule has 0 bridgehead atoms. The van der Waals surface area contributed by atoms with E-state index in [9.17, 15) is 0 Å². The van der Waals surface area contributed by atoms with E-state index in [-0.39, 0.29) is 12.1 Å². The van der Waals surface area contributed by atoms with Crippen molar-refractivity contribution in [3.05, 3.63) is 40.1 Å². The van der Waals surface area contributed by atoms with Crippen LogP contribution in [0.1, 0.15) is 17.3 Å². The summed E-state index contributed by atoms with van der Waals surface area (Å²) < 4.78 is 8.58. The number of halogens is 1. The van der Waals surface area contributed by atoms with Gasteiger partial charge in [0.05, 0.1) is 11.7 Å². The summed E-state index contributed by atoms with van der Waals surface area (Å²) in [5, 5.41) is 11.4. The number of aryl methyl sites for hydroxylation is 1. The second-order valence-corrected chi connectivity index (χ2v) is 5.37. The van der Waals surface area contributed by atoms with Crippen LogP contribution in [0.2, 0.25) is 0 Å².